The van der Waals surface area contributed by atoms with E-state index in [4.69, 9.17) is 5.73 Å². The predicted octanol–water partition coefficient (Wildman–Crippen LogP) is 1.92. The highest BCUT2D eigenvalue weighted by Gasteiger charge is 2.41. The summed E-state index contributed by atoms with van der Waals surface area (Å²) in [6, 6.07) is 6.92. The topological polar surface area (TPSA) is 84.2 Å². The standard InChI is InChI=1S/C15H25N3O2S/c1-2-11-18-21(19,20)14-5-3-13(4-6-14)17-12-15(7-8-15)9-10-16/h3-6,17-18H,2,7-12,16H2,1H3. The third-order valence-electron chi connectivity index (χ3n) is 4.01. The maximum atomic E-state index is 12.0. The molecular weight excluding hydrogens is 286 g/mol. The molecule has 1 aromatic carbocycles. The minimum absolute atomic E-state index is 0.310. The molecule has 0 heterocycles. The Morgan fingerprint density at radius 1 is 1.24 bits per heavy atom. The van der Waals surface area contributed by atoms with E-state index in [-0.39, 0.29) is 0 Å². The summed E-state index contributed by atoms with van der Waals surface area (Å²) in [7, 11) is -3.37. The quantitative estimate of drug-likeness (QED) is 0.650. The number of benzene rings is 1. The van der Waals surface area contributed by atoms with Gasteiger partial charge in [0, 0.05) is 18.8 Å². The Labute approximate surface area is 127 Å². The van der Waals surface area contributed by atoms with Crippen LogP contribution in [-0.2, 0) is 10.0 Å². The Bertz CT molecular complexity index is 551. The summed E-state index contributed by atoms with van der Waals surface area (Å²) in [5.41, 5.74) is 6.94. The van der Waals surface area contributed by atoms with Crippen LogP contribution in [0.15, 0.2) is 29.2 Å². The van der Waals surface area contributed by atoms with Gasteiger partial charge >= 0.3 is 0 Å². The lowest BCUT2D eigenvalue weighted by atomic mass is 10.0. The van der Waals surface area contributed by atoms with Gasteiger partial charge in [-0.3, -0.25) is 0 Å². The van der Waals surface area contributed by atoms with Crippen LogP contribution in [0.2, 0.25) is 0 Å². The van der Waals surface area contributed by atoms with Crippen molar-refractivity contribution >= 4 is 15.7 Å². The van der Waals surface area contributed by atoms with Gasteiger partial charge < -0.3 is 11.1 Å². The molecule has 21 heavy (non-hydrogen) atoms. The third kappa shape index (κ3) is 4.43. The van der Waals surface area contributed by atoms with E-state index in [0.717, 1.165) is 31.6 Å². The molecule has 2 rings (SSSR count). The normalized spacial score (nSPS) is 16.7. The number of hydrogen-bond donors (Lipinski definition) is 3. The Kier molecular flexibility index (Phi) is 5.24. The van der Waals surface area contributed by atoms with Crippen LogP contribution in [0.3, 0.4) is 0 Å². The second kappa shape index (κ2) is 6.77. The summed E-state index contributed by atoms with van der Waals surface area (Å²) in [5, 5.41) is 3.38. The van der Waals surface area contributed by atoms with Crippen molar-refractivity contribution in [1.29, 1.82) is 0 Å². The lowest BCUT2D eigenvalue weighted by Crippen LogP contribution is -2.24. The van der Waals surface area contributed by atoms with Crippen LogP contribution in [0.4, 0.5) is 5.69 Å². The second-order valence-corrected chi connectivity index (χ2v) is 7.58. The summed E-state index contributed by atoms with van der Waals surface area (Å²) in [6.07, 6.45) is 4.28. The SMILES string of the molecule is CCCNS(=O)(=O)c1ccc(NCC2(CCN)CC2)cc1. The molecule has 0 saturated heterocycles. The van der Waals surface area contributed by atoms with Crippen LogP contribution >= 0.6 is 0 Å². The van der Waals surface area contributed by atoms with Crippen LogP contribution in [0.1, 0.15) is 32.6 Å². The van der Waals surface area contributed by atoms with Gasteiger partial charge in [-0.25, -0.2) is 13.1 Å². The molecule has 1 aliphatic carbocycles. The molecule has 0 spiro atoms. The minimum atomic E-state index is -3.37. The first-order valence-electron chi connectivity index (χ1n) is 7.55. The highest BCUT2D eigenvalue weighted by molar-refractivity contribution is 7.89. The second-order valence-electron chi connectivity index (χ2n) is 5.81. The van der Waals surface area contributed by atoms with Crippen molar-refractivity contribution in [3.8, 4) is 0 Å². The van der Waals surface area contributed by atoms with E-state index in [2.05, 4.69) is 10.0 Å². The van der Waals surface area contributed by atoms with Crippen LogP contribution in [0.5, 0.6) is 0 Å². The van der Waals surface area contributed by atoms with Crippen LogP contribution in [-0.4, -0.2) is 28.1 Å². The average Bonchev–Trinajstić information content (AvgIpc) is 3.24. The maximum absolute atomic E-state index is 12.0. The molecule has 4 N–H and O–H groups in total. The van der Waals surface area contributed by atoms with E-state index in [1.807, 2.05) is 19.1 Å². The first-order chi connectivity index (χ1) is 10.0. The molecule has 5 nitrogen and oxygen atoms in total. The van der Waals surface area contributed by atoms with Gasteiger partial charge in [-0.05, 0) is 61.9 Å². The van der Waals surface area contributed by atoms with Crippen molar-refractivity contribution in [3.05, 3.63) is 24.3 Å². The molecule has 1 fully saturated rings. The van der Waals surface area contributed by atoms with Gasteiger partial charge in [-0.2, -0.15) is 0 Å². The number of hydrogen-bond acceptors (Lipinski definition) is 4. The van der Waals surface area contributed by atoms with Gasteiger partial charge in [-0.15, -0.1) is 0 Å². The Balaban J connectivity index is 1.93. The van der Waals surface area contributed by atoms with Gasteiger partial charge in [0.15, 0.2) is 0 Å². The number of nitrogens with one attached hydrogen (secondary N) is 2. The maximum Gasteiger partial charge on any atom is 0.240 e. The molecule has 0 aromatic heterocycles. The van der Waals surface area contributed by atoms with Crippen molar-refractivity contribution < 1.29 is 8.42 Å². The van der Waals surface area contributed by atoms with Gasteiger partial charge in [-0.1, -0.05) is 6.92 Å². The van der Waals surface area contributed by atoms with Crippen LogP contribution in [0, 0.1) is 5.41 Å². The van der Waals surface area contributed by atoms with Crippen molar-refractivity contribution in [2.75, 3.05) is 25.0 Å². The minimum Gasteiger partial charge on any atom is -0.384 e. The summed E-state index contributed by atoms with van der Waals surface area (Å²) in [5.74, 6) is 0. The first-order valence-corrected chi connectivity index (χ1v) is 9.03. The summed E-state index contributed by atoms with van der Waals surface area (Å²) in [6.45, 7) is 4.03. The number of sulfonamides is 1. The fourth-order valence-corrected chi connectivity index (χ4v) is 3.49. The Hall–Kier alpha value is -1.11. The van der Waals surface area contributed by atoms with Crippen molar-refractivity contribution in [2.24, 2.45) is 11.1 Å². The molecule has 6 heteroatoms. The smallest absolute Gasteiger partial charge is 0.240 e. The van der Waals surface area contributed by atoms with Gasteiger partial charge in [0.1, 0.15) is 0 Å². The summed E-state index contributed by atoms with van der Waals surface area (Å²) >= 11 is 0. The monoisotopic (exact) mass is 311 g/mol. The highest BCUT2D eigenvalue weighted by atomic mass is 32.2. The molecule has 0 radical (unpaired) electrons. The zero-order valence-electron chi connectivity index (χ0n) is 12.6. The molecule has 1 saturated carbocycles. The lowest BCUT2D eigenvalue weighted by molar-refractivity contribution is 0.501. The first kappa shape index (κ1) is 16.3. The number of anilines is 1. The Morgan fingerprint density at radius 2 is 1.90 bits per heavy atom. The van der Waals surface area contributed by atoms with Gasteiger partial charge in [0.2, 0.25) is 10.0 Å². The zero-order valence-corrected chi connectivity index (χ0v) is 13.4. The van der Waals surface area contributed by atoms with Gasteiger partial charge in [0.05, 0.1) is 4.90 Å². The van der Waals surface area contributed by atoms with E-state index >= 15 is 0 Å². The lowest BCUT2D eigenvalue weighted by Gasteiger charge is -2.16. The Morgan fingerprint density at radius 3 is 2.43 bits per heavy atom. The molecular formula is C15H25N3O2S. The number of nitrogens with two attached hydrogens (primary N) is 1. The van der Waals surface area contributed by atoms with Crippen molar-refractivity contribution in [1.82, 2.24) is 4.72 Å². The molecule has 0 amide bonds. The van der Waals surface area contributed by atoms with Crippen molar-refractivity contribution in [2.45, 2.75) is 37.5 Å². The average molecular weight is 311 g/mol. The van der Waals surface area contributed by atoms with Crippen LogP contribution < -0.4 is 15.8 Å². The zero-order chi connectivity index (χ0) is 15.3. The van der Waals surface area contributed by atoms with E-state index in [0.29, 0.717) is 16.9 Å². The fourth-order valence-electron chi connectivity index (χ4n) is 2.36. The van der Waals surface area contributed by atoms with Crippen LogP contribution in [0.25, 0.3) is 0 Å². The highest BCUT2D eigenvalue weighted by Crippen LogP contribution is 2.48. The predicted molar refractivity (Wildman–Crippen MR) is 85.7 cm³/mol. The molecule has 0 unspecified atom stereocenters. The fraction of sp³-hybridized carbons (Fsp3) is 0.600. The van der Waals surface area contributed by atoms with E-state index in [1.54, 1.807) is 12.1 Å². The molecule has 118 valence electrons. The van der Waals surface area contributed by atoms with Gasteiger partial charge in [0.25, 0.3) is 0 Å². The summed E-state index contributed by atoms with van der Waals surface area (Å²) in [4.78, 5) is 0.310. The largest absolute Gasteiger partial charge is 0.384 e. The van der Waals surface area contributed by atoms with E-state index < -0.39 is 10.0 Å². The van der Waals surface area contributed by atoms with E-state index in [1.165, 1.54) is 12.8 Å². The molecule has 1 aromatic rings. The van der Waals surface area contributed by atoms with Crippen molar-refractivity contribution in [3.63, 3.8) is 0 Å². The molecule has 1 aliphatic rings. The molecule has 0 atom stereocenters. The van der Waals surface area contributed by atoms with E-state index in [9.17, 15) is 8.42 Å². The molecule has 0 aliphatic heterocycles. The number of rotatable bonds is 9. The third-order valence-corrected chi connectivity index (χ3v) is 5.48. The molecule has 0 bridgehead atoms. The summed E-state index contributed by atoms with van der Waals surface area (Å²) < 4.78 is 26.5.